The number of nitrogens with two attached hydrogens (primary N) is 1. The number of aryl methyl sites for hydroxylation is 1. The summed E-state index contributed by atoms with van der Waals surface area (Å²) < 4.78 is 1.83. The van der Waals surface area contributed by atoms with E-state index in [1.165, 1.54) is 0 Å². The number of hydrogen-bond acceptors (Lipinski definition) is 3. The van der Waals surface area contributed by atoms with E-state index < -0.39 is 0 Å². The molecule has 0 unspecified atom stereocenters. The van der Waals surface area contributed by atoms with Crippen molar-refractivity contribution in [2.45, 2.75) is 6.92 Å². The van der Waals surface area contributed by atoms with Gasteiger partial charge in [0, 0.05) is 11.9 Å². The molecule has 2 aromatic heterocycles. The largest absolute Gasteiger partial charge is 0.375 e. The number of hydrogen-bond donors (Lipinski definition) is 3. The second kappa shape index (κ2) is 4.38. The highest BCUT2D eigenvalue weighted by atomic mass is 32.1. The van der Waals surface area contributed by atoms with Crippen molar-refractivity contribution < 1.29 is 4.79 Å². The Morgan fingerprint density at radius 2 is 2.24 bits per heavy atom. The maximum Gasteiger partial charge on any atom is 0.289 e. The number of amides is 1. The van der Waals surface area contributed by atoms with Crippen LogP contribution in [0.5, 0.6) is 0 Å². The van der Waals surface area contributed by atoms with Gasteiger partial charge in [0.1, 0.15) is 11.3 Å². The van der Waals surface area contributed by atoms with Crippen molar-refractivity contribution in [3.63, 3.8) is 0 Å². The highest BCUT2D eigenvalue weighted by Crippen LogP contribution is 2.07. The molecule has 2 aromatic rings. The molecule has 0 spiro atoms. The van der Waals surface area contributed by atoms with Crippen molar-refractivity contribution in [1.29, 1.82) is 0 Å². The normalized spacial score (nSPS) is 10.2. The average molecular weight is 249 g/mol. The van der Waals surface area contributed by atoms with Gasteiger partial charge in [0.2, 0.25) is 0 Å². The summed E-state index contributed by atoms with van der Waals surface area (Å²) in [5.74, 6) is -0.388. The van der Waals surface area contributed by atoms with E-state index >= 15 is 0 Å². The lowest BCUT2D eigenvalue weighted by molar-refractivity contribution is 0.0939. The van der Waals surface area contributed by atoms with Gasteiger partial charge in [0.15, 0.2) is 5.11 Å². The van der Waals surface area contributed by atoms with Crippen molar-refractivity contribution >= 4 is 28.9 Å². The summed E-state index contributed by atoms with van der Waals surface area (Å²) in [5, 5.41) is -0.00158. The van der Waals surface area contributed by atoms with Gasteiger partial charge < -0.3 is 10.1 Å². The van der Waals surface area contributed by atoms with Crippen LogP contribution in [0.25, 0.3) is 5.65 Å². The fourth-order valence-corrected chi connectivity index (χ4v) is 1.49. The van der Waals surface area contributed by atoms with E-state index in [2.05, 4.69) is 28.1 Å². The van der Waals surface area contributed by atoms with Crippen LogP contribution in [0.4, 0.5) is 0 Å². The van der Waals surface area contributed by atoms with Crippen LogP contribution in [-0.2, 0) is 0 Å². The molecule has 0 saturated carbocycles. The van der Waals surface area contributed by atoms with E-state index in [0.717, 1.165) is 5.69 Å². The van der Waals surface area contributed by atoms with Crippen LogP contribution in [0, 0.1) is 6.92 Å². The van der Waals surface area contributed by atoms with Gasteiger partial charge in [-0.1, -0.05) is 6.07 Å². The van der Waals surface area contributed by atoms with Crippen LogP contribution in [0.1, 0.15) is 16.2 Å². The van der Waals surface area contributed by atoms with Crippen LogP contribution in [0.3, 0.4) is 0 Å². The van der Waals surface area contributed by atoms with Crippen molar-refractivity contribution in [1.82, 2.24) is 20.2 Å². The number of fused-ring (bicyclic) bond motifs is 1. The van der Waals surface area contributed by atoms with Gasteiger partial charge in [0.05, 0.1) is 0 Å². The quantitative estimate of drug-likeness (QED) is 0.494. The summed E-state index contributed by atoms with van der Waals surface area (Å²) in [5.41, 5.74) is 11.9. The molecule has 0 fully saturated rings. The van der Waals surface area contributed by atoms with Crippen molar-refractivity contribution in [2.24, 2.45) is 5.73 Å². The molecule has 7 heteroatoms. The molecule has 4 N–H and O–H groups in total. The van der Waals surface area contributed by atoms with Gasteiger partial charge in [-0.2, -0.15) is 0 Å². The summed E-state index contributed by atoms with van der Waals surface area (Å²) in [6.45, 7) is 1.93. The Morgan fingerprint density at radius 1 is 1.47 bits per heavy atom. The fourth-order valence-electron chi connectivity index (χ4n) is 1.44. The van der Waals surface area contributed by atoms with Gasteiger partial charge in [0.25, 0.3) is 5.91 Å². The van der Waals surface area contributed by atoms with Gasteiger partial charge >= 0.3 is 0 Å². The van der Waals surface area contributed by atoms with Crippen LogP contribution < -0.4 is 16.6 Å². The number of nitrogens with zero attached hydrogens (tertiary/aromatic N) is 2. The average Bonchev–Trinajstić information content (AvgIpc) is 2.71. The number of imidazole rings is 1. The van der Waals surface area contributed by atoms with Crippen LogP contribution in [0.2, 0.25) is 0 Å². The summed E-state index contributed by atoms with van der Waals surface area (Å²) in [7, 11) is 0. The molecule has 0 atom stereocenters. The molecule has 1 amide bonds. The minimum atomic E-state index is -0.388. The first-order valence-electron chi connectivity index (χ1n) is 4.88. The van der Waals surface area contributed by atoms with Gasteiger partial charge in [-0.15, -0.1) is 0 Å². The van der Waals surface area contributed by atoms with Crippen LogP contribution in [0.15, 0.2) is 24.4 Å². The van der Waals surface area contributed by atoms with E-state index in [4.69, 9.17) is 5.73 Å². The van der Waals surface area contributed by atoms with E-state index in [0.29, 0.717) is 11.3 Å². The highest BCUT2D eigenvalue weighted by Gasteiger charge is 2.10. The molecule has 0 aromatic carbocycles. The molecule has 0 aliphatic heterocycles. The minimum Gasteiger partial charge on any atom is -0.375 e. The summed E-state index contributed by atoms with van der Waals surface area (Å²) in [6, 6.07) is 5.64. The molecular weight excluding hydrogens is 238 g/mol. The monoisotopic (exact) mass is 249 g/mol. The molecule has 0 aliphatic carbocycles. The Balaban J connectivity index is 2.27. The third-order valence-corrected chi connectivity index (χ3v) is 2.33. The molecule has 6 nitrogen and oxygen atoms in total. The Labute approximate surface area is 103 Å². The van der Waals surface area contributed by atoms with E-state index in [1.54, 1.807) is 6.20 Å². The second-order valence-electron chi connectivity index (χ2n) is 3.46. The number of aromatic nitrogens is 2. The van der Waals surface area contributed by atoms with E-state index in [-0.39, 0.29) is 11.0 Å². The zero-order chi connectivity index (χ0) is 12.4. The number of hydrazine groups is 1. The number of nitrogens with one attached hydrogen (secondary N) is 2. The van der Waals surface area contributed by atoms with Crippen LogP contribution in [-0.4, -0.2) is 20.4 Å². The number of carbonyl (C=O) groups excluding carboxylic acids is 1. The first-order chi connectivity index (χ1) is 8.08. The maximum atomic E-state index is 11.7. The third-order valence-electron chi connectivity index (χ3n) is 2.23. The molecule has 2 heterocycles. The fraction of sp³-hybridized carbons (Fsp3) is 0.100. The molecule has 0 bridgehead atoms. The smallest absolute Gasteiger partial charge is 0.289 e. The number of rotatable bonds is 1. The zero-order valence-electron chi connectivity index (χ0n) is 9.10. The predicted octanol–water partition coefficient (Wildman–Crippen LogP) is 0.121. The number of carbonyl (C=O) groups is 1. The molecule has 0 aliphatic rings. The van der Waals surface area contributed by atoms with E-state index in [1.807, 2.05) is 29.5 Å². The van der Waals surface area contributed by atoms with Crippen LogP contribution >= 0.6 is 12.2 Å². The lowest BCUT2D eigenvalue weighted by atomic mass is 10.4. The standard InChI is InChI=1S/C10H11N5OS/c1-6-3-2-4-8-12-7(5-15(6)8)9(16)13-14-10(11)17/h2-5H,1H3,(H,13,16)(H3,11,14,17). The molecule has 2 rings (SSSR count). The zero-order valence-corrected chi connectivity index (χ0v) is 9.91. The molecule has 0 saturated heterocycles. The number of thiocarbonyl (C=S) groups is 1. The molecule has 88 valence electrons. The van der Waals surface area contributed by atoms with Gasteiger partial charge in [-0.25, -0.2) is 4.98 Å². The minimum absolute atomic E-state index is 0.00158. The van der Waals surface area contributed by atoms with Gasteiger partial charge in [-0.05, 0) is 31.3 Å². The SMILES string of the molecule is Cc1cccc2nc(C(=O)NNC(N)=S)cn12. The Morgan fingerprint density at radius 3 is 2.88 bits per heavy atom. The second-order valence-corrected chi connectivity index (χ2v) is 3.90. The van der Waals surface area contributed by atoms with Gasteiger partial charge in [-0.3, -0.25) is 15.6 Å². The first-order valence-corrected chi connectivity index (χ1v) is 5.29. The summed E-state index contributed by atoms with van der Waals surface area (Å²) in [6.07, 6.45) is 1.65. The first kappa shape index (κ1) is 11.3. The number of pyridine rings is 1. The highest BCUT2D eigenvalue weighted by molar-refractivity contribution is 7.80. The summed E-state index contributed by atoms with van der Waals surface area (Å²) >= 11 is 4.58. The summed E-state index contributed by atoms with van der Waals surface area (Å²) in [4.78, 5) is 15.8. The lowest BCUT2D eigenvalue weighted by Crippen LogP contribution is -2.44. The Kier molecular flexibility index (Phi) is 2.92. The Hall–Kier alpha value is -2.15. The van der Waals surface area contributed by atoms with E-state index in [9.17, 15) is 4.79 Å². The Bertz CT molecular complexity index is 591. The molecule has 0 radical (unpaired) electrons. The van der Waals surface area contributed by atoms with Crippen molar-refractivity contribution in [3.05, 3.63) is 35.8 Å². The molecular formula is C10H11N5OS. The predicted molar refractivity (Wildman–Crippen MR) is 67.3 cm³/mol. The van der Waals surface area contributed by atoms with Crippen molar-refractivity contribution in [2.75, 3.05) is 0 Å². The third kappa shape index (κ3) is 2.34. The topological polar surface area (TPSA) is 84.5 Å². The lowest BCUT2D eigenvalue weighted by Gasteiger charge is -2.02. The maximum absolute atomic E-state index is 11.7. The van der Waals surface area contributed by atoms with Crippen molar-refractivity contribution in [3.8, 4) is 0 Å². The molecule has 17 heavy (non-hydrogen) atoms.